The standard InChI is InChI=1S/C35H47N3O7/c1-35(2,3)45-34(41)37-13-12-28(30-21-36(4)32-11-10-25(39)18-29(30)32)31(22-37)33(40)38(24-8-9-24)20-23-16-26(43-6)19-27(17-23)44-15-7-14-42-5/h10-11,16-19,21,24,28,31,39H,7-9,12-15,20,22H2,1-6H3/t28-,31+/m1/s1. The van der Waals surface area contributed by atoms with Gasteiger partial charge in [0, 0.05) is 81.9 Å². The number of amides is 2. The molecule has 1 aliphatic heterocycles. The van der Waals surface area contributed by atoms with Crippen molar-refractivity contribution in [3.05, 3.63) is 53.7 Å². The topological polar surface area (TPSA) is 103 Å². The minimum atomic E-state index is -0.643. The zero-order valence-corrected chi connectivity index (χ0v) is 27.4. The molecule has 2 fully saturated rings. The molecular formula is C35H47N3O7. The molecule has 10 heteroatoms. The molecule has 1 N–H and O–H groups in total. The summed E-state index contributed by atoms with van der Waals surface area (Å²) in [7, 11) is 5.27. The van der Waals surface area contributed by atoms with E-state index in [2.05, 4.69) is 6.20 Å². The second kappa shape index (κ2) is 13.6. The van der Waals surface area contributed by atoms with Crippen molar-refractivity contribution in [3.63, 3.8) is 0 Å². The number of carbonyl (C=O) groups excluding carboxylic acids is 2. The highest BCUT2D eigenvalue weighted by molar-refractivity contribution is 5.88. The number of phenolic OH excluding ortho intramolecular Hbond substituents is 1. The lowest BCUT2D eigenvalue weighted by Gasteiger charge is -2.40. The van der Waals surface area contributed by atoms with Crippen LogP contribution in [0, 0.1) is 5.92 Å². The van der Waals surface area contributed by atoms with Crippen LogP contribution < -0.4 is 9.47 Å². The lowest BCUT2D eigenvalue weighted by atomic mass is 9.79. The Kier molecular flexibility index (Phi) is 9.82. The van der Waals surface area contributed by atoms with Crippen LogP contribution >= 0.6 is 0 Å². The molecule has 2 amide bonds. The second-order valence-electron chi connectivity index (χ2n) is 13.2. The second-order valence-corrected chi connectivity index (χ2v) is 13.2. The number of aromatic hydroxyl groups is 1. The van der Waals surface area contributed by atoms with Gasteiger partial charge in [0.15, 0.2) is 0 Å². The molecule has 5 rings (SSSR count). The molecule has 1 aromatic heterocycles. The van der Waals surface area contributed by atoms with Crippen LogP contribution in [0.15, 0.2) is 42.6 Å². The highest BCUT2D eigenvalue weighted by Crippen LogP contribution is 2.42. The van der Waals surface area contributed by atoms with Gasteiger partial charge in [0.2, 0.25) is 5.91 Å². The van der Waals surface area contributed by atoms with Crippen molar-refractivity contribution in [2.24, 2.45) is 13.0 Å². The Bertz CT molecular complexity index is 1510. The van der Waals surface area contributed by atoms with Crippen molar-refractivity contribution in [1.82, 2.24) is 14.4 Å². The van der Waals surface area contributed by atoms with Gasteiger partial charge in [0.1, 0.15) is 22.8 Å². The molecule has 2 atom stereocenters. The van der Waals surface area contributed by atoms with Crippen LogP contribution in [0.5, 0.6) is 17.2 Å². The number of aromatic nitrogens is 1. The number of nitrogens with zero attached hydrogens (tertiary/aromatic N) is 3. The van der Waals surface area contributed by atoms with E-state index in [1.54, 1.807) is 31.3 Å². The number of hydrogen-bond donors (Lipinski definition) is 1. The number of aryl methyl sites for hydroxylation is 1. The van der Waals surface area contributed by atoms with Crippen molar-refractivity contribution in [2.75, 3.05) is 40.5 Å². The third-order valence-electron chi connectivity index (χ3n) is 8.55. The van der Waals surface area contributed by atoms with E-state index in [1.807, 2.05) is 61.6 Å². The number of fused-ring (bicyclic) bond motifs is 1. The van der Waals surface area contributed by atoms with Crippen LogP contribution in [0.4, 0.5) is 4.79 Å². The maximum atomic E-state index is 14.7. The van der Waals surface area contributed by atoms with Crippen molar-refractivity contribution in [1.29, 1.82) is 0 Å². The Balaban J connectivity index is 1.46. The molecular weight excluding hydrogens is 574 g/mol. The fourth-order valence-corrected chi connectivity index (χ4v) is 6.27. The molecule has 0 bridgehead atoms. The fourth-order valence-electron chi connectivity index (χ4n) is 6.27. The predicted octanol–water partition coefficient (Wildman–Crippen LogP) is 5.84. The van der Waals surface area contributed by atoms with E-state index in [-0.39, 0.29) is 30.2 Å². The van der Waals surface area contributed by atoms with Gasteiger partial charge in [-0.3, -0.25) is 4.79 Å². The highest BCUT2D eigenvalue weighted by Gasteiger charge is 2.44. The van der Waals surface area contributed by atoms with Crippen LogP contribution in [0.1, 0.15) is 63.5 Å². The number of phenols is 1. The summed E-state index contributed by atoms with van der Waals surface area (Å²) in [6, 6.07) is 11.2. The molecule has 0 radical (unpaired) electrons. The van der Waals surface area contributed by atoms with E-state index in [4.69, 9.17) is 18.9 Å². The van der Waals surface area contributed by atoms with Crippen LogP contribution in [0.3, 0.4) is 0 Å². The summed E-state index contributed by atoms with van der Waals surface area (Å²) in [5.74, 6) is 0.911. The molecule has 2 aliphatic rings. The van der Waals surface area contributed by atoms with E-state index in [9.17, 15) is 14.7 Å². The monoisotopic (exact) mass is 621 g/mol. The van der Waals surface area contributed by atoms with E-state index in [0.717, 1.165) is 41.3 Å². The van der Waals surface area contributed by atoms with Gasteiger partial charge < -0.3 is 38.4 Å². The van der Waals surface area contributed by atoms with Gasteiger partial charge >= 0.3 is 6.09 Å². The van der Waals surface area contributed by atoms with Crippen LogP contribution in [-0.2, 0) is 27.9 Å². The Morgan fingerprint density at radius 3 is 2.47 bits per heavy atom. The fraction of sp³-hybridized carbons (Fsp3) is 0.543. The molecule has 2 heterocycles. The third kappa shape index (κ3) is 7.84. The maximum Gasteiger partial charge on any atom is 0.410 e. The largest absolute Gasteiger partial charge is 0.508 e. The maximum absolute atomic E-state index is 14.7. The van der Waals surface area contributed by atoms with E-state index in [1.165, 1.54) is 0 Å². The number of benzene rings is 2. The smallest absolute Gasteiger partial charge is 0.410 e. The normalized spacial score (nSPS) is 18.6. The van der Waals surface area contributed by atoms with Crippen molar-refractivity contribution >= 4 is 22.9 Å². The first-order chi connectivity index (χ1) is 21.5. The lowest BCUT2D eigenvalue weighted by molar-refractivity contribution is -0.139. The van der Waals surface area contributed by atoms with Crippen molar-refractivity contribution in [2.45, 2.75) is 70.6 Å². The molecule has 3 aromatic rings. The Hall–Kier alpha value is -3.92. The zero-order valence-electron chi connectivity index (χ0n) is 27.4. The first kappa shape index (κ1) is 32.5. The first-order valence-corrected chi connectivity index (χ1v) is 15.8. The van der Waals surface area contributed by atoms with Crippen LogP contribution in [0.2, 0.25) is 0 Å². The number of ether oxygens (including phenoxy) is 4. The summed E-state index contributed by atoms with van der Waals surface area (Å²) in [5.41, 5.74) is 2.27. The zero-order chi connectivity index (χ0) is 32.3. The summed E-state index contributed by atoms with van der Waals surface area (Å²) in [5, 5.41) is 11.3. The summed E-state index contributed by atoms with van der Waals surface area (Å²) in [6.07, 6.45) is 4.89. The molecule has 1 saturated heterocycles. The Morgan fingerprint density at radius 2 is 1.78 bits per heavy atom. The average molecular weight is 622 g/mol. The number of hydrogen-bond acceptors (Lipinski definition) is 7. The minimum Gasteiger partial charge on any atom is -0.508 e. The summed E-state index contributed by atoms with van der Waals surface area (Å²) in [6.45, 7) is 7.80. The van der Waals surface area contributed by atoms with Gasteiger partial charge in [-0.2, -0.15) is 0 Å². The van der Waals surface area contributed by atoms with Gasteiger partial charge in [-0.1, -0.05) is 0 Å². The number of carbonyl (C=O) groups is 2. The SMILES string of the molecule is COCCCOc1cc(CN(C(=O)[C@H]2CN(C(=O)OC(C)(C)C)CC[C@@H]2c2cn(C)c3ccc(O)cc23)C2CC2)cc(OC)c1. The number of likely N-dealkylation sites (tertiary alicyclic amines) is 1. The summed E-state index contributed by atoms with van der Waals surface area (Å²) in [4.78, 5) is 31.6. The lowest BCUT2D eigenvalue weighted by Crippen LogP contribution is -2.51. The van der Waals surface area contributed by atoms with Gasteiger partial charge in [-0.05, 0) is 81.5 Å². The Labute approximate surface area is 265 Å². The molecule has 0 unspecified atom stereocenters. The quantitative estimate of drug-likeness (QED) is 0.269. The number of rotatable bonds is 11. The molecule has 45 heavy (non-hydrogen) atoms. The molecule has 10 nitrogen and oxygen atoms in total. The number of methoxy groups -OCH3 is 2. The predicted molar refractivity (Wildman–Crippen MR) is 172 cm³/mol. The minimum absolute atomic E-state index is 0.0123. The summed E-state index contributed by atoms with van der Waals surface area (Å²) < 4.78 is 24.5. The van der Waals surface area contributed by atoms with Crippen molar-refractivity contribution in [3.8, 4) is 17.2 Å². The van der Waals surface area contributed by atoms with Gasteiger partial charge in [0.05, 0.1) is 19.6 Å². The van der Waals surface area contributed by atoms with E-state index < -0.39 is 17.6 Å². The molecule has 2 aromatic carbocycles. The highest BCUT2D eigenvalue weighted by atomic mass is 16.6. The van der Waals surface area contributed by atoms with Gasteiger partial charge in [-0.25, -0.2) is 4.79 Å². The van der Waals surface area contributed by atoms with Crippen molar-refractivity contribution < 1.29 is 33.6 Å². The number of piperidine rings is 1. The summed E-state index contributed by atoms with van der Waals surface area (Å²) >= 11 is 0. The molecule has 244 valence electrons. The Morgan fingerprint density at radius 1 is 1.02 bits per heavy atom. The third-order valence-corrected chi connectivity index (χ3v) is 8.55. The van der Waals surface area contributed by atoms with E-state index >= 15 is 0 Å². The molecule has 1 aliphatic carbocycles. The first-order valence-electron chi connectivity index (χ1n) is 15.8. The molecule has 1 saturated carbocycles. The average Bonchev–Trinajstić information content (AvgIpc) is 3.79. The van der Waals surface area contributed by atoms with E-state index in [0.29, 0.717) is 44.2 Å². The van der Waals surface area contributed by atoms with Gasteiger partial charge in [-0.15, -0.1) is 0 Å². The van der Waals surface area contributed by atoms with Crippen LogP contribution in [-0.4, -0.2) is 83.6 Å². The van der Waals surface area contributed by atoms with Gasteiger partial charge in [0.25, 0.3) is 0 Å². The van der Waals surface area contributed by atoms with Crippen LogP contribution in [0.25, 0.3) is 10.9 Å². The molecule has 0 spiro atoms.